The topological polar surface area (TPSA) is 130 Å². The Balaban J connectivity index is 0.000000458. The highest BCUT2D eigenvalue weighted by Gasteiger charge is 2.31. The third kappa shape index (κ3) is 9.91. The van der Waals surface area contributed by atoms with Gasteiger partial charge in [0, 0.05) is 33.8 Å². The Hall–Kier alpha value is -4.38. The number of nitrogens with one attached hydrogen (secondary N) is 3. The molecule has 0 radical (unpaired) electrons. The predicted molar refractivity (Wildman–Crippen MR) is 152 cm³/mol. The molecule has 4 rings (SSSR count). The van der Waals surface area contributed by atoms with E-state index in [1.54, 1.807) is 48.5 Å². The Bertz CT molecular complexity index is 1390. The van der Waals surface area contributed by atoms with Gasteiger partial charge < -0.3 is 21.7 Å². The lowest BCUT2D eigenvalue weighted by Crippen LogP contribution is -2.54. The molecular weight excluding hydrogens is 573 g/mol. The Morgan fingerprint density at radius 3 is 1.93 bits per heavy atom. The van der Waals surface area contributed by atoms with Crippen LogP contribution in [0, 0.1) is 0 Å². The van der Waals surface area contributed by atoms with Crippen molar-refractivity contribution < 1.29 is 32.3 Å². The summed E-state index contributed by atoms with van der Waals surface area (Å²) in [6.07, 6.45) is -1.47. The van der Waals surface area contributed by atoms with Crippen molar-refractivity contribution >= 4 is 35.2 Å². The SMILES string of the molecule is NC(=O)c1ccccc1.O=C(CNC(=O)c1cccc(C(F)(F)F)c1)NC1CCCCC1NC(=O)c1ccc(Cl)cc1. The smallest absolute Gasteiger partial charge is 0.366 e. The molecule has 2 atom stereocenters. The van der Waals surface area contributed by atoms with Gasteiger partial charge in [0.2, 0.25) is 11.8 Å². The molecule has 12 heteroatoms. The lowest BCUT2D eigenvalue weighted by atomic mass is 9.90. The maximum Gasteiger partial charge on any atom is 0.416 e. The second-order valence-electron chi connectivity index (χ2n) is 9.54. The van der Waals surface area contributed by atoms with Crippen molar-refractivity contribution in [3.8, 4) is 0 Å². The molecule has 1 saturated carbocycles. The van der Waals surface area contributed by atoms with E-state index in [1.165, 1.54) is 6.07 Å². The van der Waals surface area contributed by atoms with Gasteiger partial charge in [-0.25, -0.2) is 0 Å². The molecule has 1 aliphatic rings. The molecule has 1 aliphatic carbocycles. The number of carbonyl (C=O) groups excluding carboxylic acids is 4. The molecule has 0 saturated heterocycles. The van der Waals surface area contributed by atoms with Gasteiger partial charge in [-0.05, 0) is 67.4 Å². The zero-order valence-electron chi connectivity index (χ0n) is 22.4. The van der Waals surface area contributed by atoms with Crippen molar-refractivity contribution in [2.24, 2.45) is 5.73 Å². The lowest BCUT2D eigenvalue weighted by molar-refractivity contribution is -0.137. The van der Waals surface area contributed by atoms with Crippen molar-refractivity contribution in [2.75, 3.05) is 6.54 Å². The maximum absolute atomic E-state index is 12.8. The van der Waals surface area contributed by atoms with E-state index in [0.717, 1.165) is 31.0 Å². The first-order valence-corrected chi connectivity index (χ1v) is 13.5. The van der Waals surface area contributed by atoms with Gasteiger partial charge in [0.25, 0.3) is 11.8 Å². The molecule has 8 nitrogen and oxygen atoms in total. The van der Waals surface area contributed by atoms with Gasteiger partial charge in [-0.1, -0.05) is 48.7 Å². The van der Waals surface area contributed by atoms with Crippen molar-refractivity contribution in [3.63, 3.8) is 0 Å². The summed E-state index contributed by atoms with van der Waals surface area (Å²) in [7, 11) is 0. The summed E-state index contributed by atoms with van der Waals surface area (Å²) in [6.45, 7) is -0.399. The fourth-order valence-electron chi connectivity index (χ4n) is 4.29. The number of halogens is 4. The van der Waals surface area contributed by atoms with Gasteiger partial charge in [0.15, 0.2) is 0 Å². The van der Waals surface area contributed by atoms with Crippen LogP contribution in [0.5, 0.6) is 0 Å². The van der Waals surface area contributed by atoms with E-state index in [4.69, 9.17) is 17.3 Å². The molecule has 222 valence electrons. The largest absolute Gasteiger partial charge is 0.416 e. The normalized spacial score (nSPS) is 16.3. The Labute approximate surface area is 245 Å². The maximum atomic E-state index is 12.8. The van der Waals surface area contributed by atoms with Crippen molar-refractivity contribution in [1.29, 1.82) is 0 Å². The van der Waals surface area contributed by atoms with Gasteiger partial charge in [0.05, 0.1) is 12.1 Å². The molecular formula is C30H30ClF3N4O4. The molecule has 5 N–H and O–H groups in total. The number of hydrogen-bond acceptors (Lipinski definition) is 4. The molecule has 3 aromatic carbocycles. The van der Waals surface area contributed by atoms with Crippen molar-refractivity contribution in [1.82, 2.24) is 16.0 Å². The van der Waals surface area contributed by atoms with E-state index in [0.29, 0.717) is 29.0 Å². The molecule has 0 bridgehead atoms. The summed E-state index contributed by atoms with van der Waals surface area (Å²) in [5, 5.41) is 8.59. The first-order valence-electron chi connectivity index (χ1n) is 13.1. The van der Waals surface area contributed by atoms with Crippen LogP contribution in [0.25, 0.3) is 0 Å². The fourth-order valence-corrected chi connectivity index (χ4v) is 4.41. The molecule has 2 unspecified atom stereocenters. The van der Waals surface area contributed by atoms with Gasteiger partial charge in [-0.15, -0.1) is 0 Å². The third-order valence-electron chi connectivity index (χ3n) is 6.46. The summed E-state index contributed by atoms with van der Waals surface area (Å²) in [6, 6.07) is 18.6. The van der Waals surface area contributed by atoms with Crippen LogP contribution >= 0.6 is 11.6 Å². The number of carbonyl (C=O) groups is 4. The average molecular weight is 603 g/mol. The number of amides is 4. The van der Waals surface area contributed by atoms with Crippen LogP contribution < -0.4 is 21.7 Å². The van der Waals surface area contributed by atoms with Crippen LogP contribution in [-0.2, 0) is 11.0 Å². The monoisotopic (exact) mass is 602 g/mol. The second-order valence-corrected chi connectivity index (χ2v) is 9.97. The quantitative estimate of drug-likeness (QED) is 0.311. The van der Waals surface area contributed by atoms with E-state index < -0.39 is 30.1 Å². The lowest BCUT2D eigenvalue weighted by Gasteiger charge is -2.33. The fraction of sp³-hybridized carbons (Fsp3) is 0.267. The molecule has 0 aliphatic heterocycles. The molecule has 0 spiro atoms. The highest BCUT2D eigenvalue weighted by atomic mass is 35.5. The summed E-state index contributed by atoms with van der Waals surface area (Å²) >= 11 is 5.85. The van der Waals surface area contributed by atoms with Crippen LogP contribution in [0.4, 0.5) is 13.2 Å². The molecule has 0 aromatic heterocycles. The van der Waals surface area contributed by atoms with E-state index >= 15 is 0 Å². The molecule has 42 heavy (non-hydrogen) atoms. The van der Waals surface area contributed by atoms with E-state index in [1.807, 2.05) is 6.07 Å². The van der Waals surface area contributed by atoms with Crippen molar-refractivity contribution in [2.45, 2.75) is 43.9 Å². The Morgan fingerprint density at radius 2 is 1.36 bits per heavy atom. The van der Waals surface area contributed by atoms with Gasteiger partial charge in [0.1, 0.15) is 0 Å². The van der Waals surface area contributed by atoms with Gasteiger partial charge in [-0.2, -0.15) is 13.2 Å². The van der Waals surface area contributed by atoms with E-state index in [-0.39, 0.29) is 29.5 Å². The number of rotatable bonds is 7. The number of nitrogens with two attached hydrogens (primary N) is 1. The minimum atomic E-state index is -4.57. The Kier molecular flexibility index (Phi) is 11.5. The van der Waals surface area contributed by atoms with Crippen LogP contribution in [0.1, 0.15) is 62.3 Å². The summed E-state index contributed by atoms with van der Waals surface area (Å²) < 4.78 is 38.5. The second kappa shape index (κ2) is 15.0. The van der Waals surface area contributed by atoms with Crippen LogP contribution in [0.3, 0.4) is 0 Å². The summed E-state index contributed by atoms with van der Waals surface area (Å²) in [4.78, 5) is 47.5. The van der Waals surface area contributed by atoms with E-state index in [2.05, 4.69) is 16.0 Å². The standard InChI is InChI=1S/C23H23ClF3N3O3.C7H7NO/c24-17-10-8-14(9-11-17)22(33)30-19-7-2-1-6-18(19)29-20(31)13-28-21(32)15-4-3-5-16(12-15)23(25,26)27;8-7(9)6-4-2-1-3-5-6/h3-5,8-12,18-19H,1-2,6-7,13H2,(H,28,32)(H,29,31)(H,30,33);1-5H,(H2,8,9). The minimum Gasteiger partial charge on any atom is -0.366 e. The van der Waals surface area contributed by atoms with Gasteiger partial charge in [-0.3, -0.25) is 19.2 Å². The molecule has 3 aromatic rings. The van der Waals surface area contributed by atoms with Crippen LogP contribution in [0.15, 0.2) is 78.9 Å². The summed E-state index contributed by atoms with van der Waals surface area (Å²) in [5.74, 6) is -1.94. The first kappa shape index (κ1) is 32.1. The van der Waals surface area contributed by atoms with Crippen LogP contribution in [-0.4, -0.2) is 42.3 Å². The number of primary amides is 1. The number of alkyl halides is 3. The van der Waals surface area contributed by atoms with Crippen LogP contribution in [0.2, 0.25) is 5.02 Å². The number of benzene rings is 3. The summed E-state index contributed by atoms with van der Waals surface area (Å²) in [5.41, 5.74) is 4.84. The number of hydrogen-bond donors (Lipinski definition) is 4. The molecule has 0 heterocycles. The van der Waals surface area contributed by atoms with Gasteiger partial charge >= 0.3 is 6.18 Å². The third-order valence-corrected chi connectivity index (χ3v) is 6.71. The molecule has 1 fully saturated rings. The predicted octanol–water partition coefficient (Wildman–Crippen LogP) is 4.73. The zero-order valence-corrected chi connectivity index (χ0v) is 23.2. The molecule has 4 amide bonds. The minimum absolute atomic E-state index is 0.191. The Morgan fingerprint density at radius 1 is 0.762 bits per heavy atom. The highest BCUT2D eigenvalue weighted by molar-refractivity contribution is 6.30. The van der Waals surface area contributed by atoms with E-state index in [9.17, 15) is 32.3 Å². The first-order chi connectivity index (χ1) is 19.9. The van der Waals surface area contributed by atoms with Crippen molar-refractivity contribution in [3.05, 3.63) is 106 Å². The highest BCUT2D eigenvalue weighted by Crippen LogP contribution is 2.29. The average Bonchev–Trinajstić information content (AvgIpc) is 2.97. The zero-order chi connectivity index (χ0) is 30.7.